The zero-order chi connectivity index (χ0) is 21.9. The summed E-state index contributed by atoms with van der Waals surface area (Å²) < 4.78 is 45.7. The largest absolute Gasteiger partial charge is 0.437 e. The zero-order valence-electron chi connectivity index (χ0n) is 19.3. The van der Waals surface area contributed by atoms with Crippen LogP contribution < -0.4 is 0 Å². The maximum atomic E-state index is 8.55. The summed E-state index contributed by atoms with van der Waals surface area (Å²) in [6.07, 6.45) is 3.24. The second-order valence-corrected chi connectivity index (χ2v) is 7.02. The Hall–Kier alpha value is -2.75. The van der Waals surface area contributed by atoms with E-state index in [9.17, 15) is 0 Å². The van der Waals surface area contributed by atoms with Gasteiger partial charge in [-0.1, -0.05) is 20.8 Å². The van der Waals surface area contributed by atoms with Gasteiger partial charge >= 0.3 is 0 Å². The number of pyridine rings is 3. The van der Waals surface area contributed by atoms with Crippen LogP contribution in [0.2, 0.25) is 0 Å². The fourth-order valence-corrected chi connectivity index (χ4v) is 2.84. The molecule has 0 unspecified atom stereocenters. The topological polar surface area (TPSA) is 51.8 Å². The quantitative estimate of drug-likeness (QED) is 0.496. The molecule has 4 heteroatoms. The average molecular weight is 336 g/mol. The molecule has 0 radical (unpaired) electrons. The minimum Gasteiger partial charge on any atom is -0.437 e. The molecule has 0 atom stereocenters. The first-order valence-electron chi connectivity index (χ1n) is 10.5. The first kappa shape index (κ1) is 11.0. The van der Waals surface area contributed by atoms with Crippen LogP contribution >= 0.6 is 0 Å². The van der Waals surface area contributed by atoms with E-state index in [-0.39, 0.29) is 11.4 Å². The number of rotatable bonds is 2. The van der Waals surface area contributed by atoms with E-state index in [0.29, 0.717) is 33.2 Å². The van der Waals surface area contributed by atoms with Crippen LogP contribution in [0.3, 0.4) is 0 Å². The third kappa shape index (κ3) is 3.00. The molecular weight excluding hydrogens is 310 g/mol. The van der Waals surface area contributed by atoms with Crippen molar-refractivity contribution < 1.29 is 11.3 Å². The second-order valence-electron chi connectivity index (χ2n) is 7.02. The van der Waals surface area contributed by atoms with Crippen LogP contribution in [-0.2, 0) is 6.37 Å². The minimum absolute atomic E-state index is 0.0398. The monoisotopic (exact) mass is 336 g/mol. The molecule has 0 aliphatic rings. The molecule has 4 heterocycles. The molecule has 126 valence electrons. The standard InChI is InChI=1S/C21H21N3O/c1-13-5-6-15-16-11-22-12-17(19(16)25-20(15)24-13)18-9-14(7-8-23-18)10-21(2,3)4/h5-9,11-12H,10H2,1-4H3/i1D3,10D2. The molecule has 0 amide bonds. The summed E-state index contributed by atoms with van der Waals surface area (Å²) in [6.45, 7) is 3.22. The van der Waals surface area contributed by atoms with Crippen LogP contribution in [0.15, 0.2) is 47.3 Å². The van der Waals surface area contributed by atoms with E-state index in [0.717, 1.165) is 0 Å². The summed E-state index contributed by atoms with van der Waals surface area (Å²) in [7, 11) is 0. The van der Waals surface area contributed by atoms with Crippen molar-refractivity contribution >= 4 is 22.1 Å². The summed E-state index contributed by atoms with van der Waals surface area (Å²) in [6, 6.07) is 6.51. The number of aryl methyl sites for hydroxylation is 1. The summed E-state index contributed by atoms with van der Waals surface area (Å²) in [5.74, 6) is 0. The van der Waals surface area contributed by atoms with Crippen molar-refractivity contribution in [2.75, 3.05) is 0 Å². The number of furan rings is 1. The lowest BCUT2D eigenvalue weighted by atomic mass is 9.88. The number of fused-ring (bicyclic) bond motifs is 3. The Balaban J connectivity index is 1.91. The predicted molar refractivity (Wildman–Crippen MR) is 100 cm³/mol. The Morgan fingerprint density at radius 2 is 2.04 bits per heavy atom. The van der Waals surface area contributed by atoms with Crippen molar-refractivity contribution in [3.8, 4) is 11.3 Å². The maximum absolute atomic E-state index is 8.55. The highest BCUT2D eigenvalue weighted by Gasteiger charge is 2.16. The number of nitrogens with zero attached hydrogens (tertiary/aromatic N) is 3. The summed E-state index contributed by atoms with van der Waals surface area (Å²) in [5, 5.41) is 1.35. The van der Waals surface area contributed by atoms with Gasteiger partial charge in [0.25, 0.3) is 0 Å². The van der Waals surface area contributed by atoms with E-state index in [2.05, 4.69) is 15.0 Å². The van der Waals surface area contributed by atoms with Crippen molar-refractivity contribution in [3.05, 3.63) is 54.1 Å². The van der Waals surface area contributed by atoms with Crippen molar-refractivity contribution in [1.29, 1.82) is 0 Å². The van der Waals surface area contributed by atoms with Crippen molar-refractivity contribution in [2.45, 2.75) is 34.0 Å². The highest BCUT2D eigenvalue weighted by atomic mass is 16.3. The van der Waals surface area contributed by atoms with E-state index in [1.165, 1.54) is 6.07 Å². The van der Waals surface area contributed by atoms with Crippen LogP contribution in [0.5, 0.6) is 0 Å². The molecule has 4 rings (SSSR count). The highest BCUT2D eigenvalue weighted by molar-refractivity contribution is 6.07. The lowest BCUT2D eigenvalue weighted by molar-refractivity contribution is 0.411. The van der Waals surface area contributed by atoms with Gasteiger partial charge < -0.3 is 4.42 Å². The summed E-state index contributed by atoms with van der Waals surface area (Å²) in [5.41, 5.74) is 1.68. The van der Waals surface area contributed by atoms with Gasteiger partial charge in [-0.25, -0.2) is 4.98 Å². The maximum Gasteiger partial charge on any atom is 0.227 e. The molecule has 0 aliphatic carbocycles. The predicted octanol–water partition coefficient (Wildman–Crippen LogP) is 5.34. The van der Waals surface area contributed by atoms with Crippen LogP contribution in [0.4, 0.5) is 0 Å². The van der Waals surface area contributed by atoms with Gasteiger partial charge in [-0.2, -0.15) is 0 Å². The molecule has 0 saturated carbocycles. The van der Waals surface area contributed by atoms with Gasteiger partial charge in [0.1, 0.15) is 5.58 Å². The molecular formula is C21H21N3O. The lowest BCUT2D eigenvalue weighted by Crippen LogP contribution is -2.09. The van der Waals surface area contributed by atoms with Crippen LogP contribution in [0.1, 0.15) is 38.9 Å². The van der Waals surface area contributed by atoms with Crippen molar-refractivity contribution in [2.24, 2.45) is 5.41 Å². The third-order valence-electron chi connectivity index (χ3n) is 3.80. The first-order chi connectivity index (χ1) is 13.9. The molecule has 0 spiro atoms. The second kappa shape index (κ2) is 5.66. The molecule has 4 nitrogen and oxygen atoms in total. The highest BCUT2D eigenvalue weighted by Crippen LogP contribution is 2.34. The molecule has 25 heavy (non-hydrogen) atoms. The molecule has 0 bridgehead atoms. The van der Waals surface area contributed by atoms with E-state index in [1.54, 1.807) is 36.8 Å². The third-order valence-corrected chi connectivity index (χ3v) is 3.80. The van der Waals surface area contributed by atoms with Gasteiger partial charge in [-0.3, -0.25) is 9.97 Å². The van der Waals surface area contributed by atoms with Gasteiger partial charge in [0.05, 0.1) is 11.3 Å². The van der Waals surface area contributed by atoms with E-state index in [1.807, 2.05) is 20.8 Å². The summed E-state index contributed by atoms with van der Waals surface area (Å²) >= 11 is 0. The van der Waals surface area contributed by atoms with Gasteiger partial charge in [0, 0.05) is 41.9 Å². The molecule has 4 aromatic rings. The Bertz CT molecular complexity index is 1260. The number of hydrogen-bond acceptors (Lipinski definition) is 4. The molecule has 0 saturated heterocycles. The smallest absolute Gasteiger partial charge is 0.227 e. The van der Waals surface area contributed by atoms with Crippen LogP contribution in [0.25, 0.3) is 33.3 Å². The van der Waals surface area contributed by atoms with Crippen molar-refractivity contribution in [3.63, 3.8) is 0 Å². The molecule has 0 fully saturated rings. The lowest BCUT2D eigenvalue weighted by Gasteiger charge is -2.18. The molecule has 0 aliphatic heterocycles. The normalized spacial score (nSPS) is 16.2. The Kier molecular flexibility index (Phi) is 2.48. The van der Waals surface area contributed by atoms with Crippen LogP contribution in [0, 0.1) is 12.3 Å². The fraction of sp³-hybridized carbons (Fsp3) is 0.286. The van der Waals surface area contributed by atoms with E-state index >= 15 is 0 Å². The Morgan fingerprint density at radius 1 is 1.16 bits per heavy atom. The van der Waals surface area contributed by atoms with Crippen molar-refractivity contribution in [1.82, 2.24) is 15.0 Å². The Morgan fingerprint density at radius 3 is 2.84 bits per heavy atom. The fourth-order valence-electron chi connectivity index (χ4n) is 2.84. The molecule has 0 aromatic carbocycles. The van der Waals surface area contributed by atoms with Gasteiger partial charge in [-0.15, -0.1) is 0 Å². The summed E-state index contributed by atoms with van der Waals surface area (Å²) in [4.78, 5) is 12.9. The number of aromatic nitrogens is 3. The first-order valence-corrected chi connectivity index (χ1v) is 8.04. The molecule has 0 N–H and O–H groups in total. The van der Waals surface area contributed by atoms with E-state index in [4.69, 9.17) is 11.3 Å². The zero-order valence-corrected chi connectivity index (χ0v) is 14.3. The number of hydrogen-bond donors (Lipinski definition) is 0. The van der Waals surface area contributed by atoms with Crippen LogP contribution in [-0.4, -0.2) is 15.0 Å². The Labute approximate surface area is 154 Å². The SMILES string of the molecule is [2H]C([2H])([2H])c1ccc2c(n1)oc1c(-c3cc(C([2H])([2H])C(C)(C)C)ccn3)cncc12. The van der Waals surface area contributed by atoms with Gasteiger partial charge in [-0.05, 0) is 48.5 Å². The van der Waals surface area contributed by atoms with Gasteiger partial charge in [0.15, 0.2) is 0 Å². The molecule has 4 aromatic heterocycles. The average Bonchev–Trinajstić information content (AvgIpc) is 3.04. The van der Waals surface area contributed by atoms with E-state index < -0.39 is 18.6 Å². The minimum atomic E-state index is -2.33. The van der Waals surface area contributed by atoms with Gasteiger partial charge in [0.2, 0.25) is 5.71 Å².